The lowest BCUT2D eigenvalue weighted by molar-refractivity contribution is -0.157. The highest BCUT2D eigenvalue weighted by molar-refractivity contribution is 5.80. The maximum absolute atomic E-state index is 11.1. The van der Waals surface area contributed by atoms with E-state index in [-0.39, 0.29) is 0 Å². The summed E-state index contributed by atoms with van der Waals surface area (Å²) < 4.78 is 0. The van der Waals surface area contributed by atoms with Crippen molar-refractivity contribution in [3.05, 3.63) is 0 Å². The number of carboxylic acid groups (broad SMARTS) is 2. The number of likely N-dealkylation sites (tertiary alicyclic amines) is 1. The van der Waals surface area contributed by atoms with Crippen LogP contribution in [0.5, 0.6) is 0 Å². The fourth-order valence-corrected chi connectivity index (χ4v) is 2.53. The number of hydrogen-bond acceptors (Lipinski definition) is 3. The molecule has 1 fully saturated rings. The molecular weight excluding hydrogens is 234 g/mol. The standard InChI is InChI=1S/C13H23NO4/c1-2-3-4-5-7-14-8-6-10(12(15)16)11(9-14)13(17)18/h10-11H,2-9H2,1H3,(H,15,16)(H,17,18). The molecule has 0 spiro atoms. The second kappa shape index (κ2) is 7.36. The summed E-state index contributed by atoms with van der Waals surface area (Å²) in [6.45, 7) is 4.11. The summed E-state index contributed by atoms with van der Waals surface area (Å²) in [7, 11) is 0. The first kappa shape index (κ1) is 15.0. The van der Waals surface area contributed by atoms with Crippen molar-refractivity contribution in [3.63, 3.8) is 0 Å². The fourth-order valence-electron chi connectivity index (χ4n) is 2.53. The predicted molar refractivity (Wildman–Crippen MR) is 67.5 cm³/mol. The molecule has 18 heavy (non-hydrogen) atoms. The molecule has 5 heteroatoms. The van der Waals surface area contributed by atoms with Crippen LogP contribution in [0, 0.1) is 11.8 Å². The van der Waals surface area contributed by atoms with Crippen molar-refractivity contribution in [1.29, 1.82) is 0 Å². The van der Waals surface area contributed by atoms with Crippen molar-refractivity contribution in [2.45, 2.75) is 39.0 Å². The SMILES string of the molecule is CCCCCCN1CCC(C(=O)O)C(C(=O)O)C1. The minimum Gasteiger partial charge on any atom is -0.481 e. The fraction of sp³-hybridized carbons (Fsp3) is 0.846. The van der Waals surface area contributed by atoms with Crippen molar-refractivity contribution >= 4 is 11.9 Å². The van der Waals surface area contributed by atoms with Gasteiger partial charge in [-0.3, -0.25) is 9.59 Å². The lowest BCUT2D eigenvalue weighted by Crippen LogP contribution is -2.46. The highest BCUT2D eigenvalue weighted by atomic mass is 16.4. The van der Waals surface area contributed by atoms with Crippen LogP contribution in [-0.4, -0.2) is 46.7 Å². The van der Waals surface area contributed by atoms with Crippen LogP contribution in [0.25, 0.3) is 0 Å². The van der Waals surface area contributed by atoms with E-state index in [1.54, 1.807) is 0 Å². The summed E-state index contributed by atoms with van der Waals surface area (Å²) in [5.74, 6) is -3.45. The zero-order valence-corrected chi connectivity index (χ0v) is 11.0. The number of carboxylic acids is 2. The van der Waals surface area contributed by atoms with Crippen LogP contribution in [0.1, 0.15) is 39.0 Å². The van der Waals surface area contributed by atoms with Gasteiger partial charge >= 0.3 is 11.9 Å². The zero-order chi connectivity index (χ0) is 13.5. The lowest BCUT2D eigenvalue weighted by Gasteiger charge is -2.34. The van der Waals surface area contributed by atoms with Crippen LogP contribution < -0.4 is 0 Å². The third-order valence-electron chi connectivity index (χ3n) is 3.66. The van der Waals surface area contributed by atoms with Gasteiger partial charge in [-0.25, -0.2) is 0 Å². The van der Waals surface area contributed by atoms with Gasteiger partial charge in [-0.05, 0) is 25.9 Å². The van der Waals surface area contributed by atoms with E-state index in [0.717, 1.165) is 19.4 Å². The van der Waals surface area contributed by atoms with E-state index in [4.69, 9.17) is 10.2 Å². The Bertz CT molecular complexity index is 293. The minimum atomic E-state index is -0.986. The van der Waals surface area contributed by atoms with Gasteiger partial charge in [0, 0.05) is 6.54 Å². The molecule has 0 radical (unpaired) electrons. The van der Waals surface area contributed by atoms with Gasteiger partial charge in [0.2, 0.25) is 0 Å². The molecule has 1 aliphatic heterocycles. The summed E-state index contributed by atoms with van der Waals surface area (Å²) >= 11 is 0. The predicted octanol–water partition coefficient (Wildman–Crippen LogP) is 1.67. The van der Waals surface area contributed by atoms with Crippen molar-refractivity contribution in [3.8, 4) is 0 Å². The van der Waals surface area contributed by atoms with E-state index in [1.807, 2.05) is 0 Å². The van der Waals surface area contributed by atoms with Crippen LogP contribution in [0.4, 0.5) is 0 Å². The molecule has 2 N–H and O–H groups in total. The second-order valence-corrected chi connectivity index (χ2v) is 5.04. The first-order valence-electron chi connectivity index (χ1n) is 6.74. The van der Waals surface area contributed by atoms with Gasteiger partial charge in [-0.15, -0.1) is 0 Å². The number of carbonyl (C=O) groups is 2. The van der Waals surface area contributed by atoms with Gasteiger partial charge in [0.25, 0.3) is 0 Å². The highest BCUT2D eigenvalue weighted by Crippen LogP contribution is 2.24. The molecule has 0 aromatic rings. The Balaban J connectivity index is 2.42. The highest BCUT2D eigenvalue weighted by Gasteiger charge is 2.38. The van der Waals surface area contributed by atoms with Gasteiger partial charge in [-0.2, -0.15) is 0 Å². The number of aliphatic carboxylic acids is 2. The molecule has 0 aromatic carbocycles. The van der Waals surface area contributed by atoms with Gasteiger partial charge in [0.05, 0.1) is 11.8 Å². The third kappa shape index (κ3) is 4.29. The molecule has 0 aliphatic carbocycles. The smallest absolute Gasteiger partial charge is 0.308 e. The topological polar surface area (TPSA) is 77.8 Å². The lowest BCUT2D eigenvalue weighted by atomic mass is 9.85. The van der Waals surface area contributed by atoms with Crippen LogP contribution in [0.15, 0.2) is 0 Å². The van der Waals surface area contributed by atoms with Gasteiger partial charge in [0.1, 0.15) is 0 Å². The van der Waals surface area contributed by atoms with E-state index < -0.39 is 23.8 Å². The Morgan fingerprint density at radius 3 is 2.33 bits per heavy atom. The van der Waals surface area contributed by atoms with Crippen molar-refractivity contribution < 1.29 is 19.8 Å². The molecule has 1 heterocycles. The van der Waals surface area contributed by atoms with Crippen molar-refractivity contribution in [2.75, 3.05) is 19.6 Å². The maximum atomic E-state index is 11.1. The van der Waals surface area contributed by atoms with E-state index in [0.29, 0.717) is 19.5 Å². The molecule has 5 nitrogen and oxygen atoms in total. The zero-order valence-electron chi connectivity index (χ0n) is 11.0. The van der Waals surface area contributed by atoms with Crippen molar-refractivity contribution in [2.24, 2.45) is 11.8 Å². The average molecular weight is 257 g/mol. The van der Waals surface area contributed by atoms with Crippen LogP contribution in [-0.2, 0) is 9.59 Å². The average Bonchev–Trinajstić information content (AvgIpc) is 2.34. The molecule has 1 aliphatic rings. The van der Waals surface area contributed by atoms with Gasteiger partial charge in [-0.1, -0.05) is 26.2 Å². The Labute approximate surface area is 108 Å². The van der Waals surface area contributed by atoms with Crippen LogP contribution >= 0.6 is 0 Å². The summed E-state index contributed by atoms with van der Waals surface area (Å²) in [4.78, 5) is 24.2. The van der Waals surface area contributed by atoms with E-state index in [9.17, 15) is 9.59 Å². The van der Waals surface area contributed by atoms with Crippen molar-refractivity contribution in [1.82, 2.24) is 4.90 Å². The summed E-state index contributed by atoms with van der Waals surface area (Å²) in [5, 5.41) is 18.1. The third-order valence-corrected chi connectivity index (χ3v) is 3.66. The second-order valence-electron chi connectivity index (χ2n) is 5.04. The molecular formula is C13H23NO4. The van der Waals surface area contributed by atoms with E-state index >= 15 is 0 Å². The number of rotatable bonds is 7. The Hall–Kier alpha value is -1.10. The van der Waals surface area contributed by atoms with Gasteiger partial charge < -0.3 is 15.1 Å². The van der Waals surface area contributed by atoms with Gasteiger partial charge in [0.15, 0.2) is 0 Å². The molecule has 2 atom stereocenters. The number of nitrogens with zero attached hydrogens (tertiary/aromatic N) is 1. The van der Waals surface area contributed by atoms with E-state index in [1.165, 1.54) is 12.8 Å². The molecule has 1 rings (SSSR count). The van der Waals surface area contributed by atoms with Crippen LogP contribution in [0.2, 0.25) is 0 Å². The largest absolute Gasteiger partial charge is 0.481 e. The first-order valence-corrected chi connectivity index (χ1v) is 6.74. The maximum Gasteiger partial charge on any atom is 0.308 e. The summed E-state index contributed by atoms with van der Waals surface area (Å²) in [5.41, 5.74) is 0. The molecule has 0 bridgehead atoms. The summed E-state index contributed by atoms with van der Waals surface area (Å²) in [6.07, 6.45) is 5.05. The Morgan fingerprint density at radius 2 is 1.78 bits per heavy atom. The first-order chi connectivity index (χ1) is 8.56. The molecule has 104 valence electrons. The number of piperidine rings is 1. The van der Waals surface area contributed by atoms with E-state index in [2.05, 4.69) is 11.8 Å². The monoisotopic (exact) mass is 257 g/mol. The summed E-state index contributed by atoms with van der Waals surface area (Å²) in [6, 6.07) is 0. The molecule has 0 aromatic heterocycles. The number of hydrogen-bond donors (Lipinski definition) is 2. The number of unbranched alkanes of at least 4 members (excludes halogenated alkanes) is 3. The Kier molecular flexibility index (Phi) is 6.12. The van der Waals surface area contributed by atoms with Crippen LogP contribution in [0.3, 0.4) is 0 Å². The molecule has 0 saturated carbocycles. The molecule has 1 saturated heterocycles. The molecule has 2 unspecified atom stereocenters. The molecule has 0 amide bonds. The quantitative estimate of drug-likeness (QED) is 0.678. The Morgan fingerprint density at radius 1 is 1.11 bits per heavy atom. The normalized spacial score (nSPS) is 24.9. The minimum absolute atomic E-state index is 0.373.